The van der Waals surface area contributed by atoms with E-state index in [4.69, 9.17) is 4.74 Å². The Morgan fingerprint density at radius 3 is 2.12 bits per heavy atom. The normalized spacial score (nSPS) is 10.6. The van der Waals surface area contributed by atoms with Crippen molar-refractivity contribution in [1.29, 1.82) is 0 Å². The predicted octanol–water partition coefficient (Wildman–Crippen LogP) is 3.89. The van der Waals surface area contributed by atoms with E-state index in [0.717, 1.165) is 12.8 Å². The van der Waals surface area contributed by atoms with E-state index in [9.17, 15) is 4.79 Å². The third-order valence-electron chi connectivity index (χ3n) is 1.39. The van der Waals surface area contributed by atoms with E-state index in [-0.39, 0.29) is 6.09 Å². The second-order valence-corrected chi connectivity index (χ2v) is 4.41. The quantitative estimate of drug-likeness (QED) is 0.745. The number of nitrogens with one attached hydrogen (secondary N) is 1. The van der Waals surface area contributed by atoms with Crippen molar-refractivity contribution in [3.05, 3.63) is 12.2 Å². The maximum absolute atomic E-state index is 10.9. The molecule has 0 aliphatic heterocycles. The summed E-state index contributed by atoms with van der Waals surface area (Å²) in [7, 11) is 0. The number of amides is 1. The molecule has 0 aromatic carbocycles. The van der Waals surface area contributed by atoms with E-state index < -0.39 is 5.60 Å². The molecule has 0 aliphatic rings. The van der Waals surface area contributed by atoms with E-state index in [1.807, 2.05) is 34.6 Å². The van der Waals surface area contributed by atoms with Gasteiger partial charge < -0.3 is 10.1 Å². The molecule has 1 N–H and O–H groups in total. The second kappa shape index (κ2) is 10.5. The Balaban J connectivity index is 0. The van der Waals surface area contributed by atoms with Crippen molar-refractivity contribution in [3.63, 3.8) is 0 Å². The van der Waals surface area contributed by atoms with Gasteiger partial charge in [0.05, 0.1) is 0 Å². The predicted molar refractivity (Wildman–Crippen MR) is 69.6 cm³/mol. The number of rotatable bonds is 3. The molecule has 0 atom stereocenters. The molecule has 0 aromatic rings. The Morgan fingerprint density at radius 1 is 1.31 bits per heavy atom. The number of hydrogen-bond donors (Lipinski definition) is 1. The van der Waals surface area contributed by atoms with Crippen molar-refractivity contribution in [2.45, 2.75) is 60.0 Å². The summed E-state index contributed by atoms with van der Waals surface area (Å²) in [6.45, 7) is 12.4. The minimum absolute atomic E-state index is 0.334. The van der Waals surface area contributed by atoms with Crippen molar-refractivity contribution >= 4 is 6.09 Å². The lowest BCUT2D eigenvalue weighted by Crippen LogP contribution is -2.32. The van der Waals surface area contributed by atoms with Gasteiger partial charge in [0.2, 0.25) is 0 Å². The summed E-state index contributed by atoms with van der Waals surface area (Å²) in [4.78, 5) is 10.9. The molecule has 0 aliphatic carbocycles. The van der Waals surface area contributed by atoms with E-state index in [1.54, 1.807) is 0 Å². The number of alkyl carbamates (subject to hydrolysis) is 1. The zero-order valence-electron chi connectivity index (χ0n) is 11.6. The highest BCUT2D eigenvalue weighted by molar-refractivity contribution is 5.67. The zero-order valence-corrected chi connectivity index (χ0v) is 11.6. The van der Waals surface area contributed by atoms with Gasteiger partial charge in [-0.3, -0.25) is 0 Å². The van der Waals surface area contributed by atoms with Crippen LogP contribution < -0.4 is 5.32 Å². The molecule has 3 heteroatoms. The smallest absolute Gasteiger partial charge is 0.407 e. The van der Waals surface area contributed by atoms with Gasteiger partial charge in [0.25, 0.3) is 0 Å². The Kier molecular flexibility index (Phi) is 11.5. The van der Waals surface area contributed by atoms with Gasteiger partial charge in [-0.05, 0) is 40.5 Å². The molecule has 96 valence electrons. The lowest BCUT2D eigenvalue weighted by Gasteiger charge is -2.19. The first-order chi connectivity index (χ1) is 7.37. The fourth-order valence-corrected chi connectivity index (χ4v) is 0.777. The molecule has 16 heavy (non-hydrogen) atoms. The minimum Gasteiger partial charge on any atom is -0.444 e. The highest BCUT2D eigenvalue weighted by Gasteiger charge is 2.14. The van der Waals surface area contributed by atoms with E-state index >= 15 is 0 Å². The SMILES string of the molecule is C/C=C\CC.CCCNC(=O)OC(C)(C)C. The van der Waals surface area contributed by atoms with Crippen molar-refractivity contribution in [2.24, 2.45) is 0 Å². The van der Waals surface area contributed by atoms with Gasteiger partial charge in [-0.25, -0.2) is 4.79 Å². The highest BCUT2D eigenvalue weighted by Crippen LogP contribution is 2.05. The van der Waals surface area contributed by atoms with Gasteiger partial charge in [0.1, 0.15) is 5.60 Å². The summed E-state index contributed by atoms with van der Waals surface area (Å²) in [5, 5.41) is 2.63. The summed E-state index contributed by atoms with van der Waals surface area (Å²) >= 11 is 0. The number of allylic oxidation sites excluding steroid dienone is 2. The Morgan fingerprint density at radius 2 is 1.88 bits per heavy atom. The van der Waals surface area contributed by atoms with Crippen LogP contribution in [-0.4, -0.2) is 18.2 Å². The van der Waals surface area contributed by atoms with Crippen LogP contribution in [0.4, 0.5) is 4.79 Å². The number of ether oxygens (including phenoxy) is 1. The summed E-state index contributed by atoms with van der Waals surface area (Å²) in [6.07, 6.45) is 5.94. The van der Waals surface area contributed by atoms with Gasteiger partial charge in [-0.2, -0.15) is 0 Å². The van der Waals surface area contributed by atoms with Crippen molar-refractivity contribution in [2.75, 3.05) is 6.54 Å². The molecule has 0 fully saturated rings. The number of hydrogen-bond acceptors (Lipinski definition) is 2. The van der Waals surface area contributed by atoms with E-state index in [1.165, 1.54) is 0 Å². The molecule has 0 unspecified atom stereocenters. The Bertz CT molecular complexity index is 193. The van der Waals surface area contributed by atoms with Gasteiger partial charge in [0, 0.05) is 6.54 Å². The third kappa shape index (κ3) is 18.7. The van der Waals surface area contributed by atoms with Crippen LogP contribution in [0.5, 0.6) is 0 Å². The largest absolute Gasteiger partial charge is 0.444 e. The third-order valence-corrected chi connectivity index (χ3v) is 1.39. The fraction of sp³-hybridized carbons (Fsp3) is 0.769. The summed E-state index contributed by atoms with van der Waals surface area (Å²) < 4.78 is 4.99. The molecule has 0 radical (unpaired) electrons. The Hall–Kier alpha value is -0.990. The van der Waals surface area contributed by atoms with Gasteiger partial charge in [-0.15, -0.1) is 0 Å². The highest BCUT2D eigenvalue weighted by atomic mass is 16.6. The first-order valence-electron chi connectivity index (χ1n) is 5.95. The molecular weight excluding hydrogens is 202 g/mol. The average molecular weight is 229 g/mol. The van der Waals surface area contributed by atoms with E-state index in [2.05, 4.69) is 24.4 Å². The van der Waals surface area contributed by atoms with Crippen LogP contribution in [0.3, 0.4) is 0 Å². The van der Waals surface area contributed by atoms with Gasteiger partial charge in [-0.1, -0.05) is 26.0 Å². The van der Waals surface area contributed by atoms with Crippen molar-refractivity contribution in [1.82, 2.24) is 5.32 Å². The average Bonchev–Trinajstić information content (AvgIpc) is 2.14. The maximum atomic E-state index is 10.9. The lowest BCUT2D eigenvalue weighted by atomic mass is 10.2. The molecule has 0 heterocycles. The van der Waals surface area contributed by atoms with Crippen LogP contribution in [0.15, 0.2) is 12.2 Å². The second-order valence-electron chi connectivity index (χ2n) is 4.41. The summed E-state index contributed by atoms with van der Waals surface area (Å²) in [5.74, 6) is 0. The van der Waals surface area contributed by atoms with Crippen LogP contribution in [0.1, 0.15) is 54.4 Å². The fourth-order valence-electron chi connectivity index (χ4n) is 0.777. The monoisotopic (exact) mass is 229 g/mol. The topological polar surface area (TPSA) is 38.3 Å². The number of carbonyl (C=O) groups excluding carboxylic acids is 1. The van der Waals surface area contributed by atoms with Gasteiger partial charge >= 0.3 is 6.09 Å². The van der Waals surface area contributed by atoms with Crippen molar-refractivity contribution in [3.8, 4) is 0 Å². The van der Waals surface area contributed by atoms with Crippen LogP contribution >= 0.6 is 0 Å². The lowest BCUT2D eigenvalue weighted by molar-refractivity contribution is 0.0528. The molecule has 0 aromatic heterocycles. The van der Waals surface area contributed by atoms with E-state index in [0.29, 0.717) is 6.54 Å². The molecule has 0 spiro atoms. The molecule has 0 saturated heterocycles. The van der Waals surface area contributed by atoms with Crippen molar-refractivity contribution < 1.29 is 9.53 Å². The minimum atomic E-state index is -0.391. The maximum Gasteiger partial charge on any atom is 0.407 e. The first kappa shape index (κ1) is 17.4. The Labute approximate surface area is 100 Å². The molecule has 0 bridgehead atoms. The molecule has 0 rings (SSSR count). The van der Waals surface area contributed by atoms with Crippen LogP contribution in [0.25, 0.3) is 0 Å². The number of carbonyl (C=O) groups is 1. The van der Waals surface area contributed by atoms with Crippen LogP contribution in [0, 0.1) is 0 Å². The first-order valence-corrected chi connectivity index (χ1v) is 5.95. The molecule has 0 saturated carbocycles. The standard InChI is InChI=1S/C8H17NO2.C5H10/c1-5-6-9-7(10)11-8(2,3)4;1-3-5-4-2/h5-6H2,1-4H3,(H,9,10);3,5H,4H2,1-2H3/b;5-3-. The molecular formula is C13H27NO2. The molecule has 3 nitrogen and oxygen atoms in total. The van der Waals surface area contributed by atoms with Crippen LogP contribution in [-0.2, 0) is 4.74 Å². The molecule has 1 amide bonds. The zero-order chi connectivity index (χ0) is 13.0. The summed E-state index contributed by atoms with van der Waals surface area (Å²) in [5.41, 5.74) is -0.391. The van der Waals surface area contributed by atoms with Crippen LogP contribution in [0.2, 0.25) is 0 Å². The van der Waals surface area contributed by atoms with Gasteiger partial charge in [0.15, 0.2) is 0 Å². The summed E-state index contributed by atoms with van der Waals surface area (Å²) in [6, 6.07) is 0.